The fourth-order valence-corrected chi connectivity index (χ4v) is 3.45. The maximum atomic E-state index is 12.3. The van der Waals surface area contributed by atoms with Crippen LogP contribution in [0.15, 0.2) is 0 Å². The maximum Gasteiger partial charge on any atom is 0.330 e. The van der Waals surface area contributed by atoms with Gasteiger partial charge in [-0.2, -0.15) is 0 Å². The third kappa shape index (κ3) is 4.69. The molecule has 0 aromatic rings. The van der Waals surface area contributed by atoms with Crippen LogP contribution in [0.1, 0.15) is 47.5 Å². The van der Waals surface area contributed by atoms with Crippen LogP contribution in [0, 0.1) is 11.8 Å². The molecule has 116 valence electrons. The fraction of sp³-hybridized carbons (Fsp3) is 0.867. The molecule has 1 aliphatic rings. The van der Waals surface area contributed by atoms with Crippen molar-refractivity contribution in [3.05, 3.63) is 0 Å². The van der Waals surface area contributed by atoms with Crippen LogP contribution in [0.4, 0.5) is 0 Å². The molecule has 1 rings (SSSR count). The Morgan fingerprint density at radius 3 is 2.50 bits per heavy atom. The van der Waals surface area contributed by atoms with Crippen LogP contribution in [0.3, 0.4) is 0 Å². The number of carbonyl (C=O) groups is 2. The van der Waals surface area contributed by atoms with Gasteiger partial charge in [-0.3, -0.25) is 4.79 Å². The molecule has 20 heavy (non-hydrogen) atoms. The largest absolute Gasteiger partial charge is 0.461 e. The van der Waals surface area contributed by atoms with Crippen LogP contribution in [0.5, 0.6) is 0 Å². The minimum atomic E-state index is -0.406. The molecule has 0 unspecified atom stereocenters. The highest BCUT2D eigenvalue weighted by atomic mass is 32.2. The summed E-state index contributed by atoms with van der Waals surface area (Å²) in [7, 11) is 0. The van der Waals surface area contributed by atoms with E-state index in [9.17, 15) is 9.59 Å². The Labute approximate surface area is 126 Å². The van der Waals surface area contributed by atoms with Crippen LogP contribution < -0.4 is 0 Å². The summed E-state index contributed by atoms with van der Waals surface area (Å²) < 4.78 is 5.49. The second-order valence-electron chi connectivity index (χ2n) is 6.01. The number of ether oxygens (including phenoxy) is 1. The zero-order valence-electron chi connectivity index (χ0n) is 13.2. The second-order valence-corrected chi connectivity index (χ2v) is 7.01. The molecule has 0 spiro atoms. The Morgan fingerprint density at radius 2 is 1.95 bits per heavy atom. The number of amides is 1. The normalized spacial score (nSPS) is 21.9. The van der Waals surface area contributed by atoms with Crippen LogP contribution in [0.25, 0.3) is 0 Å². The van der Waals surface area contributed by atoms with Gasteiger partial charge in [0.05, 0.1) is 12.0 Å². The number of rotatable bonds is 6. The van der Waals surface area contributed by atoms with Gasteiger partial charge in [-0.1, -0.05) is 27.7 Å². The van der Waals surface area contributed by atoms with Gasteiger partial charge in [-0.25, -0.2) is 4.79 Å². The van der Waals surface area contributed by atoms with Gasteiger partial charge in [0.2, 0.25) is 5.91 Å². The third-order valence-corrected chi connectivity index (χ3v) is 4.60. The van der Waals surface area contributed by atoms with Crippen molar-refractivity contribution in [1.29, 1.82) is 0 Å². The molecule has 0 aromatic carbocycles. The smallest absolute Gasteiger partial charge is 0.330 e. The molecule has 0 N–H and O–H groups in total. The molecule has 0 radical (unpaired) electrons. The fourth-order valence-electron chi connectivity index (χ4n) is 2.30. The topological polar surface area (TPSA) is 46.6 Å². The van der Waals surface area contributed by atoms with Crippen molar-refractivity contribution in [3.8, 4) is 0 Å². The van der Waals surface area contributed by atoms with E-state index >= 15 is 0 Å². The average Bonchev–Trinajstić information content (AvgIpc) is 2.84. The van der Waals surface area contributed by atoms with Crippen molar-refractivity contribution in [2.24, 2.45) is 11.8 Å². The van der Waals surface area contributed by atoms with E-state index in [4.69, 9.17) is 4.74 Å². The third-order valence-electron chi connectivity index (χ3n) is 3.59. The zero-order valence-corrected chi connectivity index (χ0v) is 14.0. The molecule has 0 aromatic heterocycles. The molecule has 1 aliphatic heterocycles. The molecule has 1 amide bonds. The highest BCUT2D eigenvalue weighted by molar-refractivity contribution is 7.99. The molecule has 5 heteroatoms. The molecule has 0 aliphatic carbocycles. The first kappa shape index (κ1) is 17.3. The lowest BCUT2D eigenvalue weighted by Crippen LogP contribution is -2.45. The first-order chi connectivity index (χ1) is 9.36. The van der Waals surface area contributed by atoms with Gasteiger partial charge in [-0.15, -0.1) is 11.8 Å². The van der Waals surface area contributed by atoms with Crippen molar-refractivity contribution in [1.82, 2.24) is 4.90 Å². The van der Waals surface area contributed by atoms with E-state index in [1.54, 1.807) is 16.7 Å². The van der Waals surface area contributed by atoms with Gasteiger partial charge in [0.15, 0.2) is 0 Å². The molecule has 0 saturated carbocycles. The minimum absolute atomic E-state index is 0.0305. The Kier molecular flexibility index (Phi) is 6.86. The Balaban J connectivity index is 2.60. The van der Waals surface area contributed by atoms with Crippen LogP contribution in [-0.2, 0) is 14.3 Å². The Bertz CT molecular complexity index is 346. The van der Waals surface area contributed by atoms with Crippen LogP contribution in [-0.4, -0.2) is 40.6 Å². The van der Waals surface area contributed by atoms with Gasteiger partial charge in [0, 0.05) is 11.7 Å². The summed E-state index contributed by atoms with van der Waals surface area (Å²) in [5.41, 5.74) is 0. The zero-order chi connectivity index (χ0) is 15.3. The number of nitrogens with zero attached hydrogens (tertiary/aromatic N) is 1. The lowest BCUT2D eigenvalue weighted by atomic mass is 10.1. The number of carbonyl (C=O) groups excluding carboxylic acids is 2. The molecule has 1 heterocycles. The van der Waals surface area contributed by atoms with E-state index in [0.717, 1.165) is 12.8 Å². The predicted molar refractivity (Wildman–Crippen MR) is 82.4 cm³/mol. The SMILES string of the molecule is CC[C@H](C)C(=O)N1CSC[C@H]1C(=O)O[C@H](C)CC(C)C. The minimum Gasteiger partial charge on any atom is -0.461 e. The maximum absolute atomic E-state index is 12.3. The highest BCUT2D eigenvalue weighted by Crippen LogP contribution is 2.25. The van der Waals surface area contributed by atoms with Gasteiger partial charge < -0.3 is 9.64 Å². The number of thioether (sulfide) groups is 1. The summed E-state index contributed by atoms with van der Waals surface area (Å²) in [6.45, 7) is 10.0. The van der Waals surface area contributed by atoms with Gasteiger partial charge >= 0.3 is 5.97 Å². The Hall–Kier alpha value is -0.710. The first-order valence-electron chi connectivity index (χ1n) is 7.45. The van der Waals surface area contributed by atoms with Crippen molar-refractivity contribution in [2.75, 3.05) is 11.6 Å². The summed E-state index contributed by atoms with van der Waals surface area (Å²) >= 11 is 1.62. The highest BCUT2D eigenvalue weighted by Gasteiger charge is 2.37. The first-order valence-corrected chi connectivity index (χ1v) is 8.61. The molecule has 4 nitrogen and oxygen atoms in total. The molecule has 1 saturated heterocycles. The number of hydrogen-bond donors (Lipinski definition) is 0. The van der Waals surface area contributed by atoms with E-state index in [1.807, 2.05) is 20.8 Å². The molecule has 0 bridgehead atoms. The monoisotopic (exact) mass is 301 g/mol. The predicted octanol–water partition coefficient (Wildman–Crippen LogP) is 2.91. The van der Waals surface area contributed by atoms with E-state index in [-0.39, 0.29) is 23.9 Å². The van der Waals surface area contributed by atoms with Gasteiger partial charge in [-0.05, 0) is 25.7 Å². The van der Waals surface area contributed by atoms with E-state index in [2.05, 4.69) is 13.8 Å². The van der Waals surface area contributed by atoms with Crippen molar-refractivity contribution in [3.63, 3.8) is 0 Å². The average molecular weight is 301 g/mol. The summed E-state index contributed by atoms with van der Waals surface area (Å²) in [6.07, 6.45) is 1.56. The van der Waals surface area contributed by atoms with Gasteiger partial charge in [0.25, 0.3) is 0 Å². The molecule has 1 fully saturated rings. The van der Waals surface area contributed by atoms with Crippen molar-refractivity contribution < 1.29 is 14.3 Å². The summed E-state index contributed by atoms with van der Waals surface area (Å²) in [5.74, 6) is 1.53. The second kappa shape index (κ2) is 7.91. The molecule has 3 atom stereocenters. The van der Waals surface area contributed by atoms with Crippen LogP contribution >= 0.6 is 11.8 Å². The summed E-state index contributed by atoms with van der Waals surface area (Å²) in [4.78, 5) is 26.2. The number of esters is 1. The van der Waals surface area contributed by atoms with Crippen LogP contribution in [0.2, 0.25) is 0 Å². The standard InChI is InChI=1S/C15H27NO3S/c1-6-11(4)14(17)16-9-20-8-13(16)15(18)19-12(5)7-10(2)3/h10-13H,6-9H2,1-5H3/t11-,12+,13-/m0/s1. The lowest BCUT2D eigenvalue weighted by molar-refractivity contribution is -0.158. The quantitative estimate of drug-likeness (QED) is 0.708. The van der Waals surface area contributed by atoms with E-state index in [0.29, 0.717) is 17.5 Å². The summed E-state index contributed by atoms with van der Waals surface area (Å²) in [6, 6.07) is -0.406. The number of hydrogen-bond acceptors (Lipinski definition) is 4. The molecular formula is C15H27NO3S. The van der Waals surface area contributed by atoms with E-state index < -0.39 is 6.04 Å². The van der Waals surface area contributed by atoms with E-state index in [1.165, 1.54) is 0 Å². The van der Waals surface area contributed by atoms with Crippen molar-refractivity contribution >= 4 is 23.6 Å². The Morgan fingerprint density at radius 1 is 1.30 bits per heavy atom. The lowest BCUT2D eigenvalue weighted by Gasteiger charge is -2.26. The molecular weight excluding hydrogens is 274 g/mol. The van der Waals surface area contributed by atoms with Gasteiger partial charge in [0.1, 0.15) is 6.04 Å². The van der Waals surface area contributed by atoms with Crippen molar-refractivity contribution in [2.45, 2.75) is 59.6 Å². The summed E-state index contributed by atoms with van der Waals surface area (Å²) in [5, 5.41) is 0.